The molecule has 0 saturated heterocycles. The van der Waals surface area contributed by atoms with Crippen LogP contribution in [0.15, 0.2) is 46.5 Å². The Morgan fingerprint density at radius 1 is 1.43 bits per heavy atom. The Bertz CT molecular complexity index is 694. The fourth-order valence-electron chi connectivity index (χ4n) is 1.55. The third kappa shape index (κ3) is 3.34. The van der Waals surface area contributed by atoms with E-state index in [2.05, 4.69) is 9.72 Å². The van der Waals surface area contributed by atoms with Gasteiger partial charge in [-0.2, -0.15) is 0 Å². The number of halogens is 1. The van der Waals surface area contributed by atoms with Crippen molar-refractivity contribution in [2.75, 3.05) is 7.11 Å². The highest BCUT2D eigenvalue weighted by Gasteiger charge is 2.23. The van der Waals surface area contributed by atoms with E-state index in [1.165, 1.54) is 6.20 Å². The van der Waals surface area contributed by atoms with E-state index < -0.39 is 22.4 Å². The quantitative estimate of drug-likeness (QED) is 0.490. The van der Waals surface area contributed by atoms with Crippen LogP contribution < -0.4 is 0 Å². The summed E-state index contributed by atoms with van der Waals surface area (Å²) in [6.45, 7) is 0. The van der Waals surface area contributed by atoms with E-state index in [9.17, 15) is 19.3 Å². The minimum Gasteiger partial charge on any atom is -0.465 e. The number of ether oxygens (including phenoxy) is 1. The second-order valence-corrected chi connectivity index (χ2v) is 4.88. The van der Waals surface area contributed by atoms with Gasteiger partial charge in [0.25, 0.3) is 5.69 Å². The van der Waals surface area contributed by atoms with Gasteiger partial charge in [0.05, 0.1) is 28.6 Å². The lowest BCUT2D eigenvalue weighted by Crippen LogP contribution is -2.06. The fraction of sp³-hybridized carbons (Fsp3) is 0.0769. The number of pyridine rings is 1. The topological polar surface area (TPSA) is 82.3 Å². The van der Waals surface area contributed by atoms with Crippen LogP contribution in [0.5, 0.6) is 0 Å². The van der Waals surface area contributed by atoms with Crippen LogP contribution in [0.25, 0.3) is 0 Å². The summed E-state index contributed by atoms with van der Waals surface area (Å²) in [5.74, 6) is -1.90. The second-order valence-electron chi connectivity index (χ2n) is 3.82. The smallest absolute Gasteiger partial charge is 0.340 e. The summed E-state index contributed by atoms with van der Waals surface area (Å²) in [5, 5.41) is 11.5. The highest BCUT2D eigenvalue weighted by Crippen LogP contribution is 2.35. The lowest BCUT2D eigenvalue weighted by molar-refractivity contribution is -0.387. The number of carbonyl (C=O) groups is 1. The molecule has 0 fully saturated rings. The van der Waals surface area contributed by atoms with Gasteiger partial charge in [0, 0.05) is 6.20 Å². The molecule has 0 atom stereocenters. The van der Waals surface area contributed by atoms with Gasteiger partial charge in [-0.1, -0.05) is 17.8 Å². The Balaban J connectivity index is 2.51. The molecule has 0 spiro atoms. The molecule has 1 aromatic carbocycles. The minimum absolute atomic E-state index is 0.112. The van der Waals surface area contributed by atoms with Crippen LogP contribution in [0, 0.1) is 15.9 Å². The molecule has 21 heavy (non-hydrogen) atoms. The zero-order valence-corrected chi connectivity index (χ0v) is 11.6. The predicted molar refractivity (Wildman–Crippen MR) is 72.8 cm³/mol. The first kappa shape index (κ1) is 14.9. The number of methoxy groups -OCH3 is 1. The molecule has 0 saturated carbocycles. The molecule has 108 valence electrons. The van der Waals surface area contributed by atoms with Gasteiger partial charge in [-0.05, 0) is 18.2 Å². The van der Waals surface area contributed by atoms with Crippen LogP contribution in [-0.2, 0) is 4.74 Å². The monoisotopic (exact) mass is 308 g/mol. The number of hydrogen-bond donors (Lipinski definition) is 0. The van der Waals surface area contributed by atoms with Crippen LogP contribution in [0.4, 0.5) is 10.1 Å². The van der Waals surface area contributed by atoms with Crippen LogP contribution in [0.2, 0.25) is 0 Å². The summed E-state index contributed by atoms with van der Waals surface area (Å²) in [5.41, 5.74) is -0.794. The number of esters is 1. The molecule has 8 heteroatoms. The van der Waals surface area contributed by atoms with Crippen molar-refractivity contribution in [3.63, 3.8) is 0 Å². The van der Waals surface area contributed by atoms with E-state index >= 15 is 0 Å². The summed E-state index contributed by atoms with van der Waals surface area (Å²) in [4.78, 5) is 25.9. The summed E-state index contributed by atoms with van der Waals surface area (Å²) in [7, 11) is 1.11. The van der Waals surface area contributed by atoms with Gasteiger partial charge in [-0.3, -0.25) is 10.1 Å². The van der Waals surface area contributed by atoms with Crippen molar-refractivity contribution in [3.05, 3.63) is 58.0 Å². The number of nitro benzene ring substituents is 1. The minimum atomic E-state index is -1.00. The molecule has 0 aliphatic carbocycles. The largest absolute Gasteiger partial charge is 0.465 e. The summed E-state index contributed by atoms with van der Waals surface area (Å²) in [6.07, 6.45) is 1.53. The Morgan fingerprint density at radius 2 is 2.19 bits per heavy atom. The maximum atomic E-state index is 13.7. The van der Waals surface area contributed by atoms with Crippen LogP contribution in [-0.4, -0.2) is 23.0 Å². The van der Waals surface area contributed by atoms with Crippen molar-refractivity contribution in [1.82, 2.24) is 4.98 Å². The zero-order valence-electron chi connectivity index (χ0n) is 10.8. The van der Waals surface area contributed by atoms with Gasteiger partial charge in [-0.15, -0.1) is 0 Å². The van der Waals surface area contributed by atoms with Crippen molar-refractivity contribution in [1.29, 1.82) is 0 Å². The average Bonchev–Trinajstić information content (AvgIpc) is 2.48. The van der Waals surface area contributed by atoms with Crippen molar-refractivity contribution < 1.29 is 18.8 Å². The standard InChI is InChI=1S/C13H9FN2O4S/c1-20-13(17)8-6-11(10(16(18)19)7-9(8)14)21-12-4-2-3-5-15-12/h2-7H,1H3. The number of hydrogen-bond acceptors (Lipinski definition) is 6. The van der Waals surface area contributed by atoms with Gasteiger partial charge in [0.2, 0.25) is 0 Å². The SMILES string of the molecule is COC(=O)c1cc(Sc2ccccn2)c([N+](=O)[O-])cc1F. The highest BCUT2D eigenvalue weighted by molar-refractivity contribution is 7.99. The lowest BCUT2D eigenvalue weighted by atomic mass is 10.2. The van der Waals surface area contributed by atoms with Crippen LogP contribution in [0.3, 0.4) is 0 Å². The molecule has 6 nitrogen and oxygen atoms in total. The zero-order chi connectivity index (χ0) is 15.4. The summed E-state index contributed by atoms with van der Waals surface area (Å²) >= 11 is 0.966. The number of nitrogens with zero attached hydrogens (tertiary/aromatic N) is 2. The van der Waals surface area contributed by atoms with Crippen LogP contribution >= 0.6 is 11.8 Å². The lowest BCUT2D eigenvalue weighted by Gasteiger charge is -2.06. The molecule has 2 aromatic rings. The number of nitro groups is 1. The Kier molecular flexibility index (Phi) is 4.49. The summed E-state index contributed by atoms with van der Waals surface area (Å²) < 4.78 is 18.2. The van der Waals surface area contributed by atoms with Gasteiger partial charge < -0.3 is 4.74 Å². The van der Waals surface area contributed by atoms with E-state index in [1.54, 1.807) is 18.2 Å². The van der Waals surface area contributed by atoms with Crippen molar-refractivity contribution >= 4 is 23.4 Å². The second kappa shape index (κ2) is 6.31. The molecule has 0 radical (unpaired) electrons. The normalized spacial score (nSPS) is 10.2. The first-order valence-corrected chi connectivity index (χ1v) is 6.49. The van der Waals surface area contributed by atoms with Crippen molar-refractivity contribution in [2.24, 2.45) is 0 Å². The number of rotatable bonds is 4. The molecule has 2 rings (SSSR count). The Hall–Kier alpha value is -2.48. The molecule has 0 aliphatic heterocycles. The predicted octanol–water partition coefficient (Wildman–Crippen LogP) is 3.07. The molecule has 0 N–H and O–H groups in total. The van der Waals surface area contributed by atoms with Gasteiger partial charge in [-0.25, -0.2) is 14.2 Å². The van der Waals surface area contributed by atoms with Gasteiger partial charge >= 0.3 is 5.97 Å². The molecule has 1 heterocycles. The first-order chi connectivity index (χ1) is 10.0. The van der Waals surface area contributed by atoms with E-state index in [4.69, 9.17) is 0 Å². The maximum Gasteiger partial charge on any atom is 0.340 e. The molecular formula is C13H9FN2O4S. The third-order valence-electron chi connectivity index (χ3n) is 2.50. The number of aromatic nitrogens is 1. The number of benzene rings is 1. The number of carbonyl (C=O) groups excluding carboxylic acids is 1. The maximum absolute atomic E-state index is 13.7. The van der Waals surface area contributed by atoms with E-state index in [-0.39, 0.29) is 10.5 Å². The van der Waals surface area contributed by atoms with Crippen LogP contribution in [0.1, 0.15) is 10.4 Å². The summed E-state index contributed by atoms with van der Waals surface area (Å²) in [6, 6.07) is 6.86. The van der Waals surface area contributed by atoms with Crippen molar-refractivity contribution in [3.8, 4) is 0 Å². The van der Waals surface area contributed by atoms with E-state index in [0.717, 1.165) is 24.9 Å². The molecule has 0 aliphatic rings. The Labute approximate surface area is 123 Å². The Morgan fingerprint density at radius 3 is 2.76 bits per heavy atom. The van der Waals surface area contributed by atoms with E-state index in [0.29, 0.717) is 11.1 Å². The highest BCUT2D eigenvalue weighted by atomic mass is 32.2. The molecule has 0 amide bonds. The average molecular weight is 308 g/mol. The molecule has 1 aromatic heterocycles. The molecule has 0 bridgehead atoms. The van der Waals surface area contributed by atoms with E-state index in [1.807, 2.05) is 0 Å². The van der Waals surface area contributed by atoms with Crippen molar-refractivity contribution in [2.45, 2.75) is 9.92 Å². The van der Waals surface area contributed by atoms with Gasteiger partial charge in [0.15, 0.2) is 0 Å². The third-order valence-corrected chi connectivity index (χ3v) is 3.50. The molecular weight excluding hydrogens is 299 g/mol. The first-order valence-electron chi connectivity index (χ1n) is 5.68. The molecule has 0 unspecified atom stereocenters. The fourth-order valence-corrected chi connectivity index (χ4v) is 2.45. The van der Waals surface area contributed by atoms with Gasteiger partial charge in [0.1, 0.15) is 10.8 Å².